The van der Waals surface area contributed by atoms with Gasteiger partial charge in [-0.15, -0.1) is 0 Å². The summed E-state index contributed by atoms with van der Waals surface area (Å²) in [4.78, 5) is 4.59. The molecule has 0 aliphatic heterocycles. The van der Waals surface area contributed by atoms with Crippen molar-refractivity contribution >= 4 is 23.2 Å². The van der Waals surface area contributed by atoms with Gasteiger partial charge in [0.15, 0.2) is 0 Å². The van der Waals surface area contributed by atoms with E-state index in [9.17, 15) is 5.11 Å². The van der Waals surface area contributed by atoms with E-state index in [-0.39, 0.29) is 0 Å². The molecule has 1 aliphatic carbocycles. The molecule has 0 aromatic heterocycles. The van der Waals surface area contributed by atoms with Crippen LogP contribution in [0.5, 0.6) is 5.75 Å². The van der Waals surface area contributed by atoms with E-state index >= 15 is 0 Å². The third kappa shape index (κ3) is 7.28. The molecule has 0 radical (unpaired) electrons. The molecule has 1 fully saturated rings. The van der Waals surface area contributed by atoms with Gasteiger partial charge in [-0.25, -0.2) is 0 Å². The molecule has 128 valence electrons. The summed E-state index contributed by atoms with van der Waals surface area (Å²) in [5.74, 6) is 0.986. The van der Waals surface area contributed by atoms with E-state index in [1.807, 2.05) is 12.3 Å². The molecule has 0 spiro atoms. The van der Waals surface area contributed by atoms with Gasteiger partial charge in [0.1, 0.15) is 5.75 Å². The summed E-state index contributed by atoms with van der Waals surface area (Å²) in [6.07, 6.45) is 10.3. The van der Waals surface area contributed by atoms with Gasteiger partial charge in [0.2, 0.25) is 0 Å². The van der Waals surface area contributed by atoms with Crippen LogP contribution in [-0.2, 0) is 20.8 Å². The zero-order valence-electron chi connectivity index (χ0n) is 14.1. The molecular formula is C18H27Cl2NOZr. The summed E-state index contributed by atoms with van der Waals surface area (Å²) in [6, 6.07) is 6.47. The molecule has 0 bridgehead atoms. The van der Waals surface area contributed by atoms with Crippen molar-refractivity contribution in [3.05, 3.63) is 29.3 Å². The molecule has 0 heterocycles. The number of nitrogens with zero attached hydrogens (tertiary/aromatic N) is 1. The van der Waals surface area contributed by atoms with Crippen LogP contribution in [-0.4, -0.2) is 17.4 Å². The zero-order valence-corrected chi connectivity index (χ0v) is 18.0. The fourth-order valence-electron chi connectivity index (χ4n) is 3.11. The fraction of sp³-hybridized carbons (Fsp3) is 0.611. The monoisotopic (exact) mass is 433 g/mol. The second-order valence-electron chi connectivity index (χ2n) is 5.94. The first-order chi connectivity index (χ1) is 11.2. The van der Waals surface area contributed by atoms with E-state index in [0.29, 0.717) is 17.7 Å². The Morgan fingerprint density at radius 1 is 1.22 bits per heavy atom. The molecule has 2 rings (SSSR count). The first kappa shape index (κ1) is 21.2. The van der Waals surface area contributed by atoms with E-state index in [1.54, 1.807) is 0 Å². The molecule has 0 unspecified atom stereocenters. The van der Waals surface area contributed by atoms with Gasteiger partial charge < -0.3 is 5.11 Å². The molecule has 1 aromatic carbocycles. The summed E-state index contributed by atoms with van der Waals surface area (Å²) in [5, 5.41) is 10.5. The van der Waals surface area contributed by atoms with Crippen LogP contribution in [0, 0.1) is 0 Å². The van der Waals surface area contributed by atoms with Gasteiger partial charge in [-0.2, -0.15) is 0 Å². The number of aromatic hydroxyl groups is 1. The van der Waals surface area contributed by atoms with Gasteiger partial charge in [0.05, 0.1) is 0 Å². The minimum atomic E-state index is -0.826. The molecule has 23 heavy (non-hydrogen) atoms. The number of para-hydroxylation sites is 1. The number of phenolic OH excluding ortho intramolecular Hbond substituents is 1. The van der Waals surface area contributed by atoms with E-state index in [1.165, 1.54) is 32.1 Å². The Bertz CT molecular complexity index is 472. The molecular weight excluding hydrogens is 408 g/mol. The number of aliphatic imine (C=N–C) groups is 1. The number of phenols is 1. The van der Waals surface area contributed by atoms with Crippen LogP contribution in [0.3, 0.4) is 0 Å². The van der Waals surface area contributed by atoms with Crippen LogP contribution in [0.25, 0.3) is 0 Å². The van der Waals surface area contributed by atoms with Gasteiger partial charge in [-0.05, 0) is 43.2 Å². The van der Waals surface area contributed by atoms with Crippen molar-refractivity contribution < 1.29 is 26.0 Å². The molecule has 0 atom stereocenters. The molecule has 1 aliphatic rings. The molecule has 1 saturated carbocycles. The molecule has 0 saturated heterocycles. The van der Waals surface area contributed by atoms with E-state index < -0.39 is 20.8 Å². The zero-order chi connectivity index (χ0) is 17.1. The summed E-state index contributed by atoms with van der Waals surface area (Å²) < 4.78 is 0. The van der Waals surface area contributed by atoms with Gasteiger partial charge in [0, 0.05) is 17.8 Å². The van der Waals surface area contributed by atoms with Gasteiger partial charge in [0.25, 0.3) is 0 Å². The Hall–Kier alpha value is 0.153. The quantitative estimate of drug-likeness (QED) is 0.532. The van der Waals surface area contributed by atoms with Crippen molar-refractivity contribution in [2.45, 2.75) is 70.8 Å². The van der Waals surface area contributed by atoms with Crippen molar-refractivity contribution in [3.8, 4) is 5.75 Å². The Balaban J connectivity index is 0.000000816. The standard InChI is InChI=1S/C18H27NO.2ClH.Zr/c1-3-16(4-2)19-13-15-11-8-12-17(18(15)20)14-9-6-5-7-10-14;;;/h8,11-14,16,20H,3-7,9-10H2,1-2H3;2*1H;/q;;;+2/p-2. The third-order valence-corrected chi connectivity index (χ3v) is 4.51. The van der Waals surface area contributed by atoms with Gasteiger partial charge in [-0.1, -0.05) is 45.2 Å². The Morgan fingerprint density at radius 3 is 2.39 bits per heavy atom. The average molecular weight is 436 g/mol. The molecule has 0 amide bonds. The topological polar surface area (TPSA) is 32.6 Å². The van der Waals surface area contributed by atoms with Crippen LogP contribution < -0.4 is 0 Å². The van der Waals surface area contributed by atoms with Crippen molar-refractivity contribution in [2.24, 2.45) is 4.99 Å². The molecule has 1 N–H and O–H groups in total. The summed E-state index contributed by atoms with van der Waals surface area (Å²) in [7, 11) is 9.87. The predicted molar refractivity (Wildman–Crippen MR) is 97.6 cm³/mol. The number of hydrogen-bond donors (Lipinski definition) is 1. The Kier molecular flexibility index (Phi) is 11.5. The van der Waals surface area contributed by atoms with Crippen LogP contribution in [0.4, 0.5) is 0 Å². The summed E-state index contributed by atoms with van der Waals surface area (Å²) >= 11 is -0.826. The van der Waals surface area contributed by atoms with E-state index in [4.69, 9.17) is 17.0 Å². The van der Waals surface area contributed by atoms with Crippen molar-refractivity contribution in [3.63, 3.8) is 0 Å². The number of hydrogen-bond acceptors (Lipinski definition) is 2. The summed E-state index contributed by atoms with van der Waals surface area (Å²) in [6.45, 7) is 4.31. The predicted octanol–water partition coefficient (Wildman–Crippen LogP) is 6.42. The molecule has 5 heteroatoms. The molecule has 2 nitrogen and oxygen atoms in total. The maximum atomic E-state index is 10.5. The van der Waals surface area contributed by atoms with Crippen LogP contribution in [0.1, 0.15) is 75.8 Å². The first-order valence-electron chi connectivity index (χ1n) is 8.49. The van der Waals surface area contributed by atoms with Crippen molar-refractivity contribution in [1.29, 1.82) is 0 Å². The SMILES string of the molecule is CCC(CC)N=Cc1cccc(C2CCCCC2)c1O.[Cl][Zr][Cl]. The van der Waals surface area contributed by atoms with Crippen molar-refractivity contribution in [2.75, 3.05) is 0 Å². The summed E-state index contributed by atoms with van der Waals surface area (Å²) in [5.41, 5.74) is 2.00. The normalized spacial score (nSPS) is 15.5. The van der Waals surface area contributed by atoms with Crippen LogP contribution >= 0.6 is 17.0 Å². The van der Waals surface area contributed by atoms with Gasteiger partial charge >= 0.3 is 37.9 Å². The Labute approximate surface area is 159 Å². The van der Waals surface area contributed by atoms with Gasteiger partial charge in [-0.3, -0.25) is 4.99 Å². The molecule has 1 aromatic rings. The number of halogens is 2. The maximum absolute atomic E-state index is 10.5. The average Bonchev–Trinajstić information content (AvgIpc) is 2.58. The van der Waals surface area contributed by atoms with Crippen molar-refractivity contribution in [1.82, 2.24) is 0 Å². The third-order valence-electron chi connectivity index (χ3n) is 4.51. The van der Waals surface area contributed by atoms with Crippen LogP contribution in [0.2, 0.25) is 0 Å². The number of rotatable bonds is 5. The van der Waals surface area contributed by atoms with E-state index in [2.05, 4.69) is 31.0 Å². The number of benzene rings is 1. The second kappa shape index (κ2) is 12.5. The second-order valence-corrected chi connectivity index (χ2v) is 9.67. The fourth-order valence-corrected chi connectivity index (χ4v) is 3.11. The first-order valence-corrected chi connectivity index (χ1v) is 14.8. The minimum absolute atomic E-state index is 0.368. The van der Waals surface area contributed by atoms with Crippen LogP contribution in [0.15, 0.2) is 23.2 Å². The van der Waals surface area contributed by atoms with E-state index in [0.717, 1.165) is 24.0 Å². The Morgan fingerprint density at radius 2 is 1.83 bits per heavy atom.